The normalized spacial score (nSPS) is 10.3. The van der Waals surface area contributed by atoms with E-state index < -0.39 is 5.97 Å². The van der Waals surface area contributed by atoms with E-state index in [-0.39, 0.29) is 18.9 Å². The molecule has 0 atom stereocenters. The summed E-state index contributed by atoms with van der Waals surface area (Å²) in [7, 11) is 0. The summed E-state index contributed by atoms with van der Waals surface area (Å²) in [6.07, 6.45) is 2.24. The Morgan fingerprint density at radius 2 is 2.05 bits per heavy atom. The molecule has 1 N–H and O–H groups in total. The van der Waals surface area contributed by atoms with Gasteiger partial charge in [0.1, 0.15) is 0 Å². The van der Waals surface area contributed by atoms with Crippen molar-refractivity contribution in [2.24, 2.45) is 0 Å². The maximum absolute atomic E-state index is 12.1. The minimum absolute atomic E-state index is 0.0214. The van der Waals surface area contributed by atoms with Gasteiger partial charge in [0.25, 0.3) is 0 Å². The smallest absolute Gasteiger partial charge is 0.305 e. The highest BCUT2D eigenvalue weighted by molar-refractivity contribution is 9.10. The fourth-order valence-corrected chi connectivity index (χ4v) is 2.31. The minimum atomic E-state index is -0.882. The number of aliphatic carboxylic acids is 1. The van der Waals surface area contributed by atoms with E-state index in [9.17, 15) is 9.59 Å². The number of unbranched alkanes of at least 4 members (excludes halogenated alkanes) is 1. The van der Waals surface area contributed by atoms with Gasteiger partial charge in [0, 0.05) is 24.0 Å². The number of hydrogen-bond acceptors (Lipinski definition) is 2. The lowest BCUT2D eigenvalue weighted by Gasteiger charge is -2.22. The molecule has 1 aromatic carbocycles. The number of carbonyl (C=O) groups is 2. The van der Waals surface area contributed by atoms with Gasteiger partial charge in [-0.2, -0.15) is 0 Å². The monoisotopic (exact) mass is 341 g/mol. The molecule has 5 heteroatoms. The van der Waals surface area contributed by atoms with Gasteiger partial charge < -0.3 is 10.0 Å². The number of nitrogens with zero attached hydrogens (tertiary/aromatic N) is 1. The zero-order chi connectivity index (χ0) is 15.0. The molecule has 1 amide bonds. The Bertz CT molecular complexity index is 462. The lowest BCUT2D eigenvalue weighted by molar-refractivity contribution is -0.138. The molecule has 0 fully saturated rings. The van der Waals surface area contributed by atoms with E-state index in [1.54, 1.807) is 4.90 Å². The molecule has 0 radical (unpaired) electrons. The maximum atomic E-state index is 12.1. The van der Waals surface area contributed by atoms with Crippen molar-refractivity contribution in [1.29, 1.82) is 0 Å². The molecule has 0 unspecified atom stereocenters. The van der Waals surface area contributed by atoms with Gasteiger partial charge in [-0.3, -0.25) is 9.59 Å². The summed E-state index contributed by atoms with van der Waals surface area (Å²) in [6.45, 7) is 2.74. The van der Waals surface area contributed by atoms with Crippen LogP contribution in [0.1, 0.15) is 38.2 Å². The van der Waals surface area contributed by atoms with Gasteiger partial charge >= 0.3 is 5.97 Å². The molecule has 0 saturated carbocycles. The van der Waals surface area contributed by atoms with Crippen molar-refractivity contribution >= 4 is 27.8 Å². The maximum Gasteiger partial charge on any atom is 0.305 e. The van der Waals surface area contributed by atoms with E-state index in [0.717, 1.165) is 22.9 Å². The minimum Gasteiger partial charge on any atom is -0.481 e. The summed E-state index contributed by atoms with van der Waals surface area (Å²) in [6, 6.07) is 7.71. The van der Waals surface area contributed by atoms with E-state index in [2.05, 4.69) is 15.9 Å². The zero-order valence-corrected chi connectivity index (χ0v) is 13.2. The number of carboxylic acid groups (broad SMARTS) is 1. The first-order chi connectivity index (χ1) is 9.52. The molecule has 20 heavy (non-hydrogen) atoms. The Kier molecular flexibility index (Phi) is 7.30. The zero-order valence-electron chi connectivity index (χ0n) is 11.6. The molecule has 1 aromatic rings. The van der Waals surface area contributed by atoms with Gasteiger partial charge in [-0.1, -0.05) is 41.4 Å². The highest BCUT2D eigenvalue weighted by atomic mass is 79.9. The predicted molar refractivity (Wildman–Crippen MR) is 81.3 cm³/mol. The number of benzene rings is 1. The van der Waals surface area contributed by atoms with Crippen LogP contribution in [0.15, 0.2) is 28.7 Å². The van der Waals surface area contributed by atoms with Gasteiger partial charge in [-0.15, -0.1) is 0 Å². The van der Waals surface area contributed by atoms with Crippen LogP contribution in [0.5, 0.6) is 0 Å². The van der Waals surface area contributed by atoms with Gasteiger partial charge in [0.15, 0.2) is 0 Å². The van der Waals surface area contributed by atoms with Crippen LogP contribution in [0.3, 0.4) is 0 Å². The van der Waals surface area contributed by atoms with Crippen molar-refractivity contribution in [1.82, 2.24) is 4.90 Å². The molecule has 0 aliphatic heterocycles. The van der Waals surface area contributed by atoms with Gasteiger partial charge in [0.2, 0.25) is 5.91 Å². The fourth-order valence-electron chi connectivity index (χ4n) is 1.86. The summed E-state index contributed by atoms with van der Waals surface area (Å²) in [5.41, 5.74) is 0.995. The first-order valence-corrected chi connectivity index (χ1v) is 7.56. The highest BCUT2D eigenvalue weighted by Gasteiger charge is 2.14. The SMILES string of the molecule is CCCCC(=O)N(CCC(=O)O)Cc1cccc(Br)c1. The number of amides is 1. The Hall–Kier alpha value is -1.36. The molecule has 1 rings (SSSR count). The first kappa shape index (κ1) is 16.7. The van der Waals surface area contributed by atoms with Crippen molar-refractivity contribution in [2.45, 2.75) is 39.2 Å². The third-order valence-electron chi connectivity index (χ3n) is 2.95. The van der Waals surface area contributed by atoms with Crippen molar-refractivity contribution in [3.8, 4) is 0 Å². The lowest BCUT2D eigenvalue weighted by atomic mass is 10.1. The predicted octanol–water partition coefficient (Wildman–Crippen LogP) is 3.44. The Morgan fingerprint density at radius 3 is 2.65 bits per heavy atom. The molecule has 0 saturated heterocycles. The van der Waals surface area contributed by atoms with E-state index in [0.29, 0.717) is 13.0 Å². The standard InChI is InChI=1S/C15H20BrNO3/c1-2-3-7-14(18)17(9-8-15(19)20)11-12-5-4-6-13(16)10-12/h4-6,10H,2-3,7-9,11H2,1H3,(H,19,20). The van der Waals surface area contributed by atoms with Crippen LogP contribution in [-0.2, 0) is 16.1 Å². The number of carbonyl (C=O) groups excluding carboxylic acids is 1. The van der Waals surface area contributed by atoms with Crippen molar-refractivity contribution < 1.29 is 14.7 Å². The number of halogens is 1. The molecule has 0 aliphatic carbocycles. The molecule has 0 bridgehead atoms. The van der Waals surface area contributed by atoms with E-state index >= 15 is 0 Å². The number of hydrogen-bond donors (Lipinski definition) is 1. The largest absolute Gasteiger partial charge is 0.481 e. The van der Waals surface area contributed by atoms with Crippen LogP contribution in [-0.4, -0.2) is 28.4 Å². The van der Waals surface area contributed by atoms with Gasteiger partial charge in [-0.05, 0) is 24.1 Å². The molecule has 4 nitrogen and oxygen atoms in total. The van der Waals surface area contributed by atoms with Gasteiger partial charge in [-0.25, -0.2) is 0 Å². The highest BCUT2D eigenvalue weighted by Crippen LogP contribution is 2.14. The number of carboxylic acids is 1. The average molecular weight is 342 g/mol. The molecule has 0 aliphatic rings. The third kappa shape index (κ3) is 6.19. The Labute approximate surface area is 127 Å². The molecular weight excluding hydrogens is 322 g/mol. The lowest BCUT2D eigenvalue weighted by Crippen LogP contribution is -2.32. The quantitative estimate of drug-likeness (QED) is 0.787. The topological polar surface area (TPSA) is 57.6 Å². The van der Waals surface area contributed by atoms with Crippen molar-refractivity contribution in [3.05, 3.63) is 34.3 Å². The van der Waals surface area contributed by atoms with Crippen LogP contribution >= 0.6 is 15.9 Å². The van der Waals surface area contributed by atoms with Crippen LogP contribution in [0.2, 0.25) is 0 Å². The summed E-state index contributed by atoms with van der Waals surface area (Å²) in [5, 5.41) is 8.78. The second-order valence-electron chi connectivity index (χ2n) is 4.69. The second kappa shape index (κ2) is 8.74. The number of rotatable bonds is 8. The first-order valence-electron chi connectivity index (χ1n) is 6.77. The second-order valence-corrected chi connectivity index (χ2v) is 5.61. The van der Waals surface area contributed by atoms with Crippen LogP contribution < -0.4 is 0 Å². The summed E-state index contributed by atoms with van der Waals surface area (Å²) < 4.78 is 0.953. The molecule has 0 aromatic heterocycles. The molecule has 0 heterocycles. The van der Waals surface area contributed by atoms with Crippen LogP contribution in [0, 0.1) is 0 Å². The summed E-state index contributed by atoms with van der Waals surface area (Å²) >= 11 is 3.40. The molecule has 0 spiro atoms. The summed E-state index contributed by atoms with van der Waals surface area (Å²) in [5.74, 6) is -0.861. The average Bonchev–Trinajstić information content (AvgIpc) is 2.40. The molecule has 110 valence electrons. The van der Waals surface area contributed by atoms with Gasteiger partial charge in [0.05, 0.1) is 6.42 Å². The molecular formula is C15H20BrNO3. The van der Waals surface area contributed by atoms with Crippen molar-refractivity contribution in [3.63, 3.8) is 0 Å². The van der Waals surface area contributed by atoms with E-state index in [1.165, 1.54) is 0 Å². The van der Waals surface area contributed by atoms with E-state index in [4.69, 9.17) is 5.11 Å². The Morgan fingerprint density at radius 1 is 1.30 bits per heavy atom. The van der Waals surface area contributed by atoms with E-state index in [1.807, 2.05) is 31.2 Å². The summed E-state index contributed by atoms with van der Waals surface area (Å²) in [4.78, 5) is 24.5. The van der Waals surface area contributed by atoms with Crippen molar-refractivity contribution in [2.75, 3.05) is 6.54 Å². The van der Waals surface area contributed by atoms with Crippen LogP contribution in [0.25, 0.3) is 0 Å². The fraction of sp³-hybridized carbons (Fsp3) is 0.467. The van der Waals surface area contributed by atoms with Crippen LogP contribution in [0.4, 0.5) is 0 Å². The Balaban J connectivity index is 2.70. The third-order valence-corrected chi connectivity index (χ3v) is 3.45.